The number of amides is 1. The van der Waals surface area contributed by atoms with Crippen LogP contribution in [0.1, 0.15) is 0 Å². The minimum Gasteiger partial charge on any atom is -0.397 e. The molecule has 0 aromatic heterocycles. The molecule has 0 atom stereocenters. The smallest absolute Gasteiger partial charge is 0.238 e. The van der Waals surface area contributed by atoms with Crippen molar-refractivity contribution in [3.8, 4) is 0 Å². The van der Waals surface area contributed by atoms with Gasteiger partial charge >= 0.3 is 0 Å². The molecule has 0 bridgehead atoms. The predicted octanol–water partition coefficient (Wildman–Crippen LogP) is 1.11. The van der Waals surface area contributed by atoms with Gasteiger partial charge in [0, 0.05) is 31.9 Å². The van der Waals surface area contributed by atoms with E-state index in [0.29, 0.717) is 22.9 Å². The van der Waals surface area contributed by atoms with Crippen molar-refractivity contribution in [1.29, 1.82) is 0 Å². The summed E-state index contributed by atoms with van der Waals surface area (Å²) < 4.78 is 0. The highest BCUT2D eigenvalue weighted by molar-refractivity contribution is 6.33. The molecule has 0 unspecified atom stereocenters. The SMILES string of the molecule is CN1CCN(CC(=O)Nc2ccc(Cl)c(N)c2)CC1. The zero-order valence-corrected chi connectivity index (χ0v) is 11.8. The summed E-state index contributed by atoms with van der Waals surface area (Å²) in [6, 6.07) is 5.10. The maximum absolute atomic E-state index is 11.9. The first-order valence-corrected chi connectivity index (χ1v) is 6.68. The number of anilines is 2. The molecule has 1 aromatic rings. The number of halogens is 1. The summed E-state index contributed by atoms with van der Waals surface area (Å²) in [5.74, 6) is -0.0220. The van der Waals surface area contributed by atoms with Crippen LogP contribution in [-0.4, -0.2) is 55.5 Å². The van der Waals surface area contributed by atoms with E-state index < -0.39 is 0 Å². The van der Waals surface area contributed by atoms with Crippen molar-refractivity contribution in [1.82, 2.24) is 9.80 Å². The number of nitrogens with two attached hydrogens (primary N) is 1. The fourth-order valence-corrected chi connectivity index (χ4v) is 2.15. The lowest BCUT2D eigenvalue weighted by molar-refractivity contribution is -0.117. The van der Waals surface area contributed by atoms with Gasteiger partial charge in [-0.2, -0.15) is 0 Å². The first-order chi connectivity index (χ1) is 9.04. The van der Waals surface area contributed by atoms with Gasteiger partial charge in [0.1, 0.15) is 0 Å². The number of hydrogen-bond acceptors (Lipinski definition) is 4. The minimum atomic E-state index is -0.0220. The quantitative estimate of drug-likeness (QED) is 0.816. The number of hydrogen-bond donors (Lipinski definition) is 2. The van der Waals surface area contributed by atoms with Crippen LogP contribution in [0.25, 0.3) is 0 Å². The molecule has 2 rings (SSSR count). The van der Waals surface area contributed by atoms with Crippen LogP contribution >= 0.6 is 11.6 Å². The number of carbonyl (C=O) groups is 1. The zero-order valence-electron chi connectivity index (χ0n) is 11.0. The number of likely N-dealkylation sites (N-methyl/N-ethyl adjacent to an activating group) is 1. The van der Waals surface area contributed by atoms with Crippen LogP contribution in [0, 0.1) is 0 Å². The highest BCUT2D eigenvalue weighted by Crippen LogP contribution is 2.22. The van der Waals surface area contributed by atoms with E-state index in [2.05, 4.69) is 22.2 Å². The van der Waals surface area contributed by atoms with E-state index in [1.54, 1.807) is 18.2 Å². The van der Waals surface area contributed by atoms with Crippen LogP contribution in [0.15, 0.2) is 18.2 Å². The van der Waals surface area contributed by atoms with Crippen molar-refractivity contribution in [3.05, 3.63) is 23.2 Å². The Balaban J connectivity index is 1.85. The number of benzene rings is 1. The number of rotatable bonds is 3. The molecule has 1 fully saturated rings. The lowest BCUT2D eigenvalue weighted by atomic mass is 10.2. The molecule has 104 valence electrons. The zero-order chi connectivity index (χ0) is 13.8. The normalized spacial score (nSPS) is 17.4. The molecule has 1 aliphatic heterocycles. The molecule has 19 heavy (non-hydrogen) atoms. The summed E-state index contributed by atoms with van der Waals surface area (Å²) in [7, 11) is 2.09. The Morgan fingerprint density at radius 1 is 1.37 bits per heavy atom. The van der Waals surface area contributed by atoms with Gasteiger partial charge in [0.05, 0.1) is 17.3 Å². The number of nitrogens with one attached hydrogen (secondary N) is 1. The number of piperazine rings is 1. The second kappa shape index (κ2) is 6.23. The van der Waals surface area contributed by atoms with E-state index in [0.717, 1.165) is 26.2 Å². The number of nitrogen functional groups attached to an aromatic ring is 1. The molecule has 1 saturated heterocycles. The fourth-order valence-electron chi connectivity index (χ4n) is 2.03. The third kappa shape index (κ3) is 4.09. The largest absolute Gasteiger partial charge is 0.397 e. The van der Waals surface area contributed by atoms with Gasteiger partial charge in [-0.3, -0.25) is 9.69 Å². The van der Waals surface area contributed by atoms with Crippen molar-refractivity contribution in [2.75, 3.05) is 50.8 Å². The van der Waals surface area contributed by atoms with E-state index in [9.17, 15) is 4.79 Å². The molecule has 5 nitrogen and oxygen atoms in total. The summed E-state index contributed by atoms with van der Waals surface area (Å²) in [5.41, 5.74) is 6.85. The van der Waals surface area contributed by atoms with Gasteiger partial charge in [0.25, 0.3) is 0 Å². The average Bonchev–Trinajstić information content (AvgIpc) is 2.37. The van der Waals surface area contributed by atoms with Gasteiger partial charge in [-0.05, 0) is 25.2 Å². The van der Waals surface area contributed by atoms with Crippen LogP contribution in [0.2, 0.25) is 5.02 Å². The Hall–Kier alpha value is -1.30. The van der Waals surface area contributed by atoms with E-state index in [4.69, 9.17) is 17.3 Å². The summed E-state index contributed by atoms with van der Waals surface area (Å²) >= 11 is 5.84. The molecule has 3 N–H and O–H groups in total. The highest BCUT2D eigenvalue weighted by Gasteiger charge is 2.16. The van der Waals surface area contributed by atoms with Gasteiger partial charge in [-0.1, -0.05) is 11.6 Å². The van der Waals surface area contributed by atoms with Gasteiger partial charge in [-0.25, -0.2) is 0 Å². The van der Waals surface area contributed by atoms with Crippen LogP contribution in [0.4, 0.5) is 11.4 Å². The summed E-state index contributed by atoms with van der Waals surface area (Å²) in [6.07, 6.45) is 0. The van der Waals surface area contributed by atoms with Crippen LogP contribution in [0.3, 0.4) is 0 Å². The molecular weight excluding hydrogens is 264 g/mol. The van der Waals surface area contributed by atoms with Crippen molar-refractivity contribution in [2.45, 2.75) is 0 Å². The predicted molar refractivity (Wildman–Crippen MR) is 78.4 cm³/mol. The first kappa shape index (κ1) is 14.1. The third-order valence-electron chi connectivity index (χ3n) is 3.24. The maximum Gasteiger partial charge on any atom is 0.238 e. The van der Waals surface area contributed by atoms with Crippen LogP contribution in [-0.2, 0) is 4.79 Å². The van der Waals surface area contributed by atoms with E-state index in [1.807, 2.05) is 0 Å². The third-order valence-corrected chi connectivity index (χ3v) is 3.59. The van der Waals surface area contributed by atoms with Gasteiger partial charge < -0.3 is 16.0 Å². The molecule has 1 heterocycles. The first-order valence-electron chi connectivity index (χ1n) is 6.30. The lowest BCUT2D eigenvalue weighted by Crippen LogP contribution is -2.47. The van der Waals surface area contributed by atoms with E-state index in [1.165, 1.54) is 0 Å². The lowest BCUT2D eigenvalue weighted by Gasteiger charge is -2.31. The Kier molecular flexibility index (Phi) is 4.63. The molecule has 0 spiro atoms. The van der Waals surface area contributed by atoms with Crippen LogP contribution < -0.4 is 11.1 Å². The molecule has 1 aliphatic rings. The van der Waals surface area contributed by atoms with Crippen molar-refractivity contribution >= 4 is 28.9 Å². The number of nitrogens with zero attached hydrogens (tertiary/aromatic N) is 2. The van der Waals surface area contributed by atoms with Crippen LogP contribution in [0.5, 0.6) is 0 Å². The van der Waals surface area contributed by atoms with Crippen molar-refractivity contribution in [3.63, 3.8) is 0 Å². The van der Waals surface area contributed by atoms with E-state index in [-0.39, 0.29) is 5.91 Å². The number of carbonyl (C=O) groups excluding carboxylic acids is 1. The van der Waals surface area contributed by atoms with Crippen molar-refractivity contribution < 1.29 is 4.79 Å². The molecule has 1 aromatic carbocycles. The monoisotopic (exact) mass is 282 g/mol. The Bertz CT molecular complexity index is 458. The highest BCUT2D eigenvalue weighted by atomic mass is 35.5. The van der Waals surface area contributed by atoms with Gasteiger partial charge in [0.15, 0.2) is 0 Å². The second-order valence-electron chi connectivity index (χ2n) is 4.86. The van der Waals surface area contributed by atoms with Gasteiger partial charge in [0.2, 0.25) is 5.91 Å². The average molecular weight is 283 g/mol. The molecule has 6 heteroatoms. The molecule has 0 radical (unpaired) electrons. The Morgan fingerprint density at radius 3 is 2.68 bits per heavy atom. The molecule has 1 amide bonds. The fraction of sp³-hybridized carbons (Fsp3) is 0.462. The minimum absolute atomic E-state index is 0.0220. The molecule has 0 saturated carbocycles. The summed E-state index contributed by atoms with van der Waals surface area (Å²) in [6.45, 7) is 4.26. The molecule has 0 aliphatic carbocycles. The Labute approximate surface area is 118 Å². The second-order valence-corrected chi connectivity index (χ2v) is 5.27. The Morgan fingerprint density at radius 2 is 2.05 bits per heavy atom. The topological polar surface area (TPSA) is 61.6 Å². The van der Waals surface area contributed by atoms with Gasteiger partial charge in [-0.15, -0.1) is 0 Å². The summed E-state index contributed by atoms with van der Waals surface area (Å²) in [5, 5.41) is 3.33. The maximum atomic E-state index is 11.9. The standard InChI is InChI=1S/C13H19ClN4O/c1-17-4-6-18(7-5-17)9-13(19)16-10-2-3-11(14)12(15)8-10/h2-3,8H,4-7,9,15H2,1H3,(H,16,19). The van der Waals surface area contributed by atoms with Crippen molar-refractivity contribution in [2.24, 2.45) is 0 Å². The molecular formula is C13H19ClN4O. The summed E-state index contributed by atoms with van der Waals surface area (Å²) in [4.78, 5) is 16.3. The van der Waals surface area contributed by atoms with E-state index >= 15 is 0 Å².